The first kappa shape index (κ1) is 28.1. The Morgan fingerprint density at radius 2 is 2.23 bits per heavy atom. The summed E-state index contributed by atoms with van der Waals surface area (Å²) in [5.41, 5.74) is 9.93. The first-order chi connectivity index (χ1) is 18.2. The zero-order valence-electron chi connectivity index (χ0n) is 19.6. The number of hydrogen-bond donors (Lipinski definition) is 0. The van der Waals surface area contributed by atoms with Crippen LogP contribution in [0.4, 0.5) is 13.2 Å². The monoisotopic (exact) mass is 578 g/mol. The molecule has 2 aliphatic rings. The van der Waals surface area contributed by atoms with Gasteiger partial charge >= 0.3 is 12.5 Å². The number of halogens is 4. The van der Waals surface area contributed by atoms with E-state index < -0.39 is 29.9 Å². The fourth-order valence-corrected chi connectivity index (χ4v) is 5.51. The molecule has 5 rings (SSSR count). The van der Waals surface area contributed by atoms with Crippen LogP contribution in [0, 0.1) is 5.82 Å². The summed E-state index contributed by atoms with van der Waals surface area (Å²) in [4.78, 5) is 25.7. The lowest BCUT2D eigenvalue weighted by Gasteiger charge is -2.32. The highest BCUT2D eigenvalue weighted by Crippen LogP contribution is 2.49. The molecule has 1 aromatic carbocycles. The number of hydrogen-bond acceptors (Lipinski definition) is 8. The molecule has 15 heteroatoms. The molecule has 2 aromatic heterocycles. The van der Waals surface area contributed by atoms with Crippen molar-refractivity contribution in [3.05, 3.63) is 85.3 Å². The maximum Gasteiger partial charge on any atom is 0.333 e. The summed E-state index contributed by atoms with van der Waals surface area (Å²) in [6.07, 6.45) is 4.14. The highest BCUT2D eigenvalue weighted by atomic mass is 35.5. The van der Waals surface area contributed by atoms with Crippen LogP contribution in [0.2, 0.25) is 5.02 Å². The highest BCUT2D eigenvalue weighted by Gasteiger charge is 2.48. The van der Waals surface area contributed by atoms with Crippen LogP contribution in [-0.2, 0) is 9.53 Å². The second kappa shape index (κ2) is 11.1. The number of amidine groups is 1. The number of benzene rings is 1. The van der Waals surface area contributed by atoms with Gasteiger partial charge in [-0.1, -0.05) is 30.2 Å². The van der Waals surface area contributed by atoms with Gasteiger partial charge in [0.25, 0.3) is 0 Å². The molecule has 2 atom stereocenters. The number of alkyl halides is 2. The van der Waals surface area contributed by atoms with E-state index in [-0.39, 0.29) is 32.0 Å². The van der Waals surface area contributed by atoms with Crippen molar-refractivity contribution in [3.8, 4) is 0 Å². The molecular formula is C24H22ClF3N8O2S. The average molecular weight is 579 g/mol. The van der Waals surface area contributed by atoms with E-state index in [2.05, 4.69) is 20.1 Å². The Kier molecular flexibility index (Phi) is 8.00. The van der Waals surface area contributed by atoms with Gasteiger partial charge in [-0.3, -0.25) is 9.79 Å². The lowest BCUT2D eigenvalue weighted by atomic mass is 9.89. The van der Waals surface area contributed by atoms with Crippen LogP contribution in [0.3, 0.4) is 0 Å². The quantitative estimate of drug-likeness (QED) is 0.139. The van der Waals surface area contributed by atoms with E-state index >= 15 is 0 Å². The number of ether oxygens (including phenoxy) is 1. The smallest absolute Gasteiger partial charge is 0.333 e. The topological polar surface area (TPSA) is 121 Å². The molecule has 0 spiro atoms. The first-order valence-electron chi connectivity index (χ1n) is 11.2. The summed E-state index contributed by atoms with van der Waals surface area (Å²) in [5, 5.41) is 10.2. The number of nitrogens with zero attached hydrogens (tertiary/aromatic N) is 8. The predicted molar refractivity (Wildman–Crippen MR) is 140 cm³/mol. The minimum absolute atomic E-state index is 0. The van der Waals surface area contributed by atoms with Gasteiger partial charge in [-0.25, -0.2) is 14.1 Å². The van der Waals surface area contributed by atoms with E-state index in [1.54, 1.807) is 16.5 Å². The molecule has 0 amide bonds. The standard InChI is InChI=1S/C23H18ClF3N8O2S.CH4/c1-12(36)37-11-23(32-33-28)7-17-18(13-8-30-35(9-13)22(26)27)19(15-3-2-14(25)6-16(15)24)31-20(34(17)10-23)21-29-4-5-38-21;/h2-6,8-9,19,22H,7,10-11H2,1H3;1H4/t19-,23+;/m0./s1. The number of fused-ring (bicyclic) bond motifs is 1. The van der Waals surface area contributed by atoms with Gasteiger partial charge in [0.2, 0.25) is 0 Å². The van der Waals surface area contributed by atoms with Crippen molar-refractivity contribution in [1.82, 2.24) is 19.7 Å². The van der Waals surface area contributed by atoms with Crippen molar-refractivity contribution in [3.63, 3.8) is 0 Å². The maximum absolute atomic E-state index is 13.9. The van der Waals surface area contributed by atoms with Gasteiger partial charge in [-0.2, -0.15) is 13.9 Å². The van der Waals surface area contributed by atoms with E-state index in [9.17, 15) is 23.5 Å². The van der Waals surface area contributed by atoms with E-state index in [1.165, 1.54) is 42.8 Å². The molecule has 4 heterocycles. The Hall–Kier alpha value is -3.87. The van der Waals surface area contributed by atoms with Gasteiger partial charge in [-0.05, 0) is 23.2 Å². The van der Waals surface area contributed by atoms with Crippen molar-refractivity contribution in [2.24, 2.45) is 10.1 Å². The SMILES string of the molecule is C.CC(=O)OC[C@@]1(N=[N+]=[N-])CC2=C(c3cnn(C(F)F)c3)[C@H](c3ccc(F)cc3Cl)N=C(c3nccs3)N2C1. The minimum atomic E-state index is -2.88. The third kappa shape index (κ3) is 5.35. The third-order valence-corrected chi connectivity index (χ3v) is 7.26. The molecule has 0 saturated carbocycles. The largest absolute Gasteiger partial charge is 0.465 e. The Bertz CT molecular complexity index is 1500. The lowest BCUT2D eigenvalue weighted by Crippen LogP contribution is -2.39. The van der Waals surface area contributed by atoms with Crippen molar-refractivity contribution < 1.29 is 22.7 Å². The molecule has 0 N–H and O–H groups in total. The summed E-state index contributed by atoms with van der Waals surface area (Å²) in [6.45, 7) is -1.78. The van der Waals surface area contributed by atoms with Crippen LogP contribution in [0.1, 0.15) is 49.5 Å². The molecule has 0 aliphatic carbocycles. The molecule has 10 nitrogen and oxygen atoms in total. The molecule has 0 bridgehead atoms. The van der Waals surface area contributed by atoms with Gasteiger partial charge in [0.05, 0.1) is 6.20 Å². The van der Waals surface area contributed by atoms with Crippen LogP contribution in [0.25, 0.3) is 16.0 Å². The normalized spacial score (nSPS) is 20.3. The van der Waals surface area contributed by atoms with E-state index in [0.29, 0.717) is 37.9 Å². The zero-order valence-corrected chi connectivity index (χ0v) is 21.2. The second-order valence-corrected chi connectivity index (χ2v) is 9.96. The van der Waals surface area contributed by atoms with Crippen LogP contribution < -0.4 is 0 Å². The summed E-state index contributed by atoms with van der Waals surface area (Å²) < 4.78 is 46.6. The van der Waals surface area contributed by atoms with Crippen molar-refractivity contribution in [2.75, 3.05) is 13.2 Å². The highest BCUT2D eigenvalue weighted by molar-refractivity contribution is 7.11. The summed E-state index contributed by atoms with van der Waals surface area (Å²) >= 11 is 7.77. The fourth-order valence-electron chi connectivity index (χ4n) is 4.59. The second-order valence-electron chi connectivity index (χ2n) is 8.66. The zero-order chi connectivity index (χ0) is 27.0. The van der Waals surface area contributed by atoms with E-state index in [0.717, 1.165) is 6.07 Å². The van der Waals surface area contributed by atoms with Crippen LogP contribution >= 0.6 is 22.9 Å². The number of aromatic nitrogens is 3. The van der Waals surface area contributed by atoms with Gasteiger partial charge in [0.15, 0.2) is 10.8 Å². The van der Waals surface area contributed by atoms with Crippen molar-refractivity contribution >= 4 is 40.3 Å². The molecule has 0 unspecified atom stereocenters. The first-order valence-corrected chi connectivity index (χ1v) is 12.4. The Morgan fingerprint density at radius 1 is 1.44 bits per heavy atom. The molecule has 3 aromatic rings. The van der Waals surface area contributed by atoms with Crippen molar-refractivity contribution in [1.29, 1.82) is 0 Å². The van der Waals surface area contributed by atoms with Crippen molar-refractivity contribution in [2.45, 2.75) is 38.9 Å². The van der Waals surface area contributed by atoms with Gasteiger partial charge in [0.1, 0.15) is 24.0 Å². The number of aliphatic imine (C=N–C) groups is 1. The number of azide groups is 1. The molecule has 204 valence electrons. The Morgan fingerprint density at radius 3 is 2.85 bits per heavy atom. The Balaban J connectivity index is 0.00000353. The van der Waals surface area contributed by atoms with Crippen LogP contribution in [0.15, 0.2) is 58.0 Å². The Labute approximate surface area is 230 Å². The van der Waals surface area contributed by atoms with Gasteiger partial charge in [0, 0.05) is 64.4 Å². The van der Waals surface area contributed by atoms with Gasteiger partial charge in [-0.15, -0.1) is 11.3 Å². The third-order valence-electron chi connectivity index (χ3n) is 6.16. The molecule has 1 saturated heterocycles. The molecular weight excluding hydrogens is 557 g/mol. The number of carbonyl (C=O) groups excluding carboxylic acids is 1. The maximum atomic E-state index is 13.9. The average Bonchev–Trinajstić information content (AvgIpc) is 3.62. The van der Waals surface area contributed by atoms with Gasteiger partial charge < -0.3 is 9.64 Å². The number of esters is 1. The predicted octanol–water partition coefficient (Wildman–Crippen LogP) is 6.39. The summed E-state index contributed by atoms with van der Waals surface area (Å²) in [7, 11) is 0. The molecule has 2 aliphatic heterocycles. The van der Waals surface area contributed by atoms with E-state index in [1.807, 2.05) is 0 Å². The molecule has 39 heavy (non-hydrogen) atoms. The molecule has 0 radical (unpaired) electrons. The summed E-state index contributed by atoms with van der Waals surface area (Å²) in [6, 6.07) is 3.00. The number of thiazole rings is 1. The number of rotatable bonds is 7. The number of carbonyl (C=O) groups is 1. The summed E-state index contributed by atoms with van der Waals surface area (Å²) in [5.74, 6) is -0.688. The van der Waals surface area contributed by atoms with Crippen LogP contribution in [0.5, 0.6) is 0 Å². The van der Waals surface area contributed by atoms with E-state index in [4.69, 9.17) is 21.3 Å². The van der Waals surface area contributed by atoms with Crippen LogP contribution in [-0.4, -0.2) is 50.2 Å². The molecule has 1 fully saturated rings. The minimum Gasteiger partial charge on any atom is -0.465 e. The fraction of sp³-hybridized carbons (Fsp3) is 0.333. The lowest BCUT2D eigenvalue weighted by molar-refractivity contribution is -0.142.